The highest BCUT2D eigenvalue weighted by molar-refractivity contribution is 5.69. The molecule has 0 saturated heterocycles. The van der Waals surface area contributed by atoms with E-state index in [4.69, 9.17) is 21.5 Å². The summed E-state index contributed by atoms with van der Waals surface area (Å²) in [6.45, 7) is 4.72. The topological polar surface area (TPSA) is 150 Å². The van der Waals surface area contributed by atoms with Crippen LogP contribution in [0.3, 0.4) is 0 Å². The molecule has 0 amide bonds. The third kappa shape index (κ3) is 7.60. The standard InChI is InChI=1S/C16H23N3O8/c1-2-3-10-26-12(21)5-7-18-14(23)17-15(24)19(16(18)25)8-6-13(22)27-11-4-9-20/h1,20H,2-11H2,(H,17,23,24). The number of ether oxygens (including phenoxy) is 2. The van der Waals surface area contributed by atoms with Crippen molar-refractivity contribution in [2.24, 2.45) is 0 Å². The van der Waals surface area contributed by atoms with Crippen LogP contribution < -0.4 is 17.1 Å². The van der Waals surface area contributed by atoms with Gasteiger partial charge in [0.15, 0.2) is 0 Å². The van der Waals surface area contributed by atoms with Gasteiger partial charge in [0.2, 0.25) is 0 Å². The molecule has 2 radical (unpaired) electrons. The summed E-state index contributed by atoms with van der Waals surface area (Å²) < 4.78 is 11.0. The maximum absolute atomic E-state index is 12.3. The van der Waals surface area contributed by atoms with Crippen molar-refractivity contribution in [2.75, 3.05) is 19.8 Å². The van der Waals surface area contributed by atoms with Gasteiger partial charge in [0, 0.05) is 26.1 Å². The molecular formula is C16H23N3O8. The number of hydrogen-bond acceptors (Lipinski definition) is 8. The molecule has 0 fully saturated rings. The van der Waals surface area contributed by atoms with Crippen molar-refractivity contribution in [3.05, 3.63) is 38.4 Å². The first-order valence-corrected chi connectivity index (χ1v) is 8.46. The van der Waals surface area contributed by atoms with Gasteiger partial charge < -0.3 is 14.6 Å². The molecule has 0 aliphatic rings. The highest BCUT2D eigenvalue weighted by Crippen LogP contribution is 1.93. The molecule has 0 bridgehead atoms. The second-order valence-corrected chi connectivity index (χ2v) is 5.48. The monoisotopic (exact) mass is 385 g/mol. The number of carbonyl (C=O) groups excluding carboxylic acids is 2. The largest absolute Gasteiger partial charge is 0.466 e. The van der Waals surface area contributed by atoms with Gasteiger partial charge in [-0.15, -0.1) is 0 Å². The maximum Gasteiger partial charge on any atom is 0.336 e. The van der Waals surface area contributed by atoms with E-state index in [1.54, 1.807) is 0 Å². The van der Waals surface area contributed by atoms with Gasteiger partial charge in [-0.2, -0.15) is 0 Å². The minimum Gasteiger partial charge on any atom is -0.466 e. The van der Waals surface area contributed by atoms with Crippen LogP contribution in [0.1, 0.15) is 32.1 Å². The van der Waals surface area contributed by atoms with E-state index in [0.29, 0.717) is 22.0 Å². The molecule has 0 aliphatic carbocycles. The third-order valence-corrected chi connectivity index (χ3v) is 3.42. The lowest BCUT2D eigenvalue weighted by Crippen LogP contribution is -2.49. The molecule has 150 valence electrons. The first kappa shape index (κ1) is 22.4. The second-order valence-electron chi connectivity index (χ2n) is 5.48. The lowest BCUT2D eigenvalue weighted by molar-refractivity contribution is -0.144. The predicted molar refractivity (Wildman–Crippen MR) is 92.0 cm³/mol. The molecule has 1 aromatic heterocycles. The minimum atomic E-state index is -0.963. The van der Waals surface area contributed by atoms with Gasteiger partial charge in [-0.3, -0.25) is 14.6 Å². The number of rotatable bonds is 12. The van der Waals surface area contributed by atoms with Gasteiger partial charge in [0.05, 0.1) is 26.1 Å². The Bertz CT molecular complexity index is 731. The lowest BCUT2D eigenvalue weighted by Gasteiger charge is -2.09. The number of aromatic amines is 1. The van der Waals surface area contributed by atoms with Crippen molar-refractivity contribution in [1.82, 2.24) is 14.1 Å². The average molecular weight is 385 g/mol. The van der Waals surface area contributed by atoms with Crippen LogP contribution in [-0.4, -0.2) is 51.0 Å². The number of hydrogen-bond donors (Lipinski definition) is 2. The molecule has 0 spiro atoms. The van der Waals surface area contributed by atoms with E-state index in [1.807, 2.05) is 4.98 Å². The molecule has 1 heterocycles. The molecular weight excluding hydrogens is 362 g/mol. The fraction of sp³-hybridized carbons (Fsp3) is 0.625. The lowest BCUT2D eigenvalue weighted by atomic mass is 10.3. The number of carbonyl (C=O) groups is 2. The van der Waals surface area contributed by atoms with E-state index in [1.165, 1.54) is 0 Å². The van der Waals surface area contributed by atoms with Crippen LogP contribution in [0, 0.1) is 6.92 Å². The molecule has 0 saturated carbocycles. The van der Waals surface area contributed by atoms with Gasteiger partial charge in [-0.05, 0) is 19.8 Å². The molecule has 1 aromatic rings. The summed E-state index contributed by atoms with van der Waals surface area (Å²) in [7, 11) is 0. The van der Waals surface area contributed by atoms with Crippen LogP contribution in [0.5, 0.6) is 0 Å². The zero-order valence-electron chi connectivity index (χ0n) is 14.8. The maximum atomic E-state index is 12.3. The van der Waals surface area contributed by atoms with Crippen molar-refractivity contribution >= 4 is 11.9 Å². The summed E-state index contributed by atoms with van der Waals surface area (Å²) in [5.74, 6) is -1.27. The van der Waals surface area contributed by atoms with Crippen molar-refractivity contribution < 1.29 is 24.2 Å². The molecule has 0 unspecified atom stereocenters. The Morgan fingerprint density at radius 2 is 1.41 bits per heavy atom. The van der Waals surface area contributed by atoms with Crippen molar-refractivity contribution in [3.63, 3.8) is 0 Å². The Labute approximate surface area is 154 Å². The molecule has 11 heteroatoms. The smallest absolute Gasteiger partial charge is 0.336 e. The van der Waals surface area contributed by atoms with Gasteiger partial charge in [0.1, 0.15) is 0 Å². The van der Waals surface area contributed by atoms with E-state index in [2.05, 4.69) is 0 Å². The van der Waals surface area contributed by atoms with Crippen molar-refractivity contribution in [3.8, 4) is 0 Å². The predicted octanol–water partition coefficient (Wildman–Crippen LogP) is -1.56. The first-order valence-electron chi connectivity index (χ1n) is 8.46. The summed E-state index contributed by atoms with van der Waals surface area (Å²) in [4.78, 5) is 61.0. The fourth-order valence-electron chi connectivity index (χ4n) is 2.01. The number of nitrogens with one attached hydrogen (secondary N) is 1. The number of aliphatic hydroxyl groups is 1. The van der Waals surface area contributed by atoms with Gasteiger partial charge in [-0.1, -0.05) is 0 Å². The Morgan fingerprint density at radius 1 is 0.926 bits per heavy atom. The quantitative estimate of drug-likeness (QED) is 0.324. The Balaban J connectivity index is 2.75. The van der Waals surface area contributed by atoms with Crippen LogP contribution >= 0.6 is 0 Å². The molecule has 1 rings (SSSR count). The van der Waals surface area contributed by atoms with Crippen molar-refractivity contribution in [1.29, 1.82) is 0 Å². The summed E-state index contributed by atoms with van der Waals surface area (Å²) in [6, 6.07) is 0. The number of H-pyrrole nitrogens is 1. The van der Waals surface area contributed by atoms with E-state index >= 15 is 0 Å². The van der Waals surface area contributed by atoms with Gasteiger partial charge in [-0.25, -0.2) is 23.5 Å². The highest BCUT2D eigenvalue weighted by atomic mass is 16.5. The Morgan fingerprint density at radius 3 is 1.85 bits per heavy atom. The average Bonchev–Trinajstić information content (AvgIpc) is 2.61. The normalized spacial score (nSPS) is 10.6. The van der Waals surface area contributed by atoms with E-state index in [9.17, 15) is 24.0 Å². The van der Waals surface area contributed by atoms with E-state index in [-0.39, 0.29) is 52.2 Å². The molecule has 0 atom stereocenters. The molecule has 0 aliphatic heterocycles. The van der Waals surface area contributed by atoms with Crippen molar-refractivity contribution in [2.45, 2.75) is 45.2 Å². The summed E-state index contributed by atoms with van der Waals surface area (Å²) in [5, 5.41) is 8.61. The van der Waals surface area contributed by atoms with Gasteiger partial charge >= 0.3 is 29.0 Å². The molecule has 0 aromatic carbocycles. The van der Waals surface area contributed by atoms with Crippen LogP contribution in [0.25, 0.3) is 0 Å². The van der Waals surface area contributed by atoms with Crippen LogP contribution in [-0.2, 0) is 32.2 Å². The Hall–Kier alpha value is -2.69. The summed E-state index contributed by atoms with van der Waals surface area (Å²) in [5.41, 5.74) is -2.86. The number of esters is 2. The van der Waals surface area contributed by atoms with Crippen LogP contribution in [0.4, 0.5) is 0 Å². The Kier molecular flexibility index (Phi) is 9.80. The van der Waals surface area contributed by atoms with Crippen LogP contribution in [0.2, 0.25) is 0 Å². The number of aliphatic hydroxyl groups excluding tert-OH is 1. The number of aromatic nitrogens is 3. The van der Waals surface area contributed by atoms with E-state index in [0.717, 1.165) is 0 Å². The molecule has 11 nitrogen and oxygen atoms in total. The molecule has 2 N–H and O–H groups in total. The van der Waals surface area contributed by atoms with E-state index < -0.39 is 29.0 Å². The number of unbranched alkanes of at least 4 members (excludes halogenated alkanes) is 1. The third-order valence-electron chi connectivity index (χ3n) is 3.42. The van der Waals surface area contributed by atoms with Gasteiger partial charge in [0.25, 0.3) is 0 Å². The second kappa shape index (κ2) is 11.8. The number of nitrogens with zero attached hydrogens (tertiary/aromatic N) is 2. The molecule has 27 heavy (non-hydrogen) atoms. The van der Waals surface area contributed by atoms with Crippen LogP contribution in [0.15, 0.2) is 14.4 Å². The zero-order valence-corrected chi connectivity index (χ0v) is 14.8. The SMILES string of the molecule is [CH]CCCOC(=O)CCn1c(=O)[nH]c(=O)n(CCC(=O)OCCCO)c1=O. The highest BCUT2D eigenvalue weighted by Gasteiger charge is 2.13. The summed E-state index contributed by atoms with van der Waals surface area (Å²) >= 11 is 0. The fourth-order valence-corrected chi connectivity index (χ4v) is 2.01. The zero-order chi connectivity index (χ0) is 20.2. The minimum absolute atomic E-state index is 0.0202. The first-order chi connectivity index (χ1) is 12.9. The summed E-state index contributed by atoms with van der Waals surface area (Å²) in [6.07, 6.45) is 0.618.